The minimum absolute atomic E-state index is 0.101. The number of rotatable bonds is 5. The molecular weight excluding hydrogens is 276 g/mol. The summed E-state index contributed by atoms with van der Waals surface area (Å²) in [5.74, 6) is 0.101. The van der Waals surface area contributed by atoms with Gasteiger partial charge < -0.3 is 14.2 Å². The van der Waals surface area contributed by atoms with E-state index in [4.69, 9.17) is 4.74 Å². The number of para-hydroxylation sites is 1. The Bertz CT molecular complexity index is 656. The zero-order valence-electron chi connectivity index (χ0n) is 13.4. The lowest BCUT2D eigenvalue weighted by molar-refractivity contribution is 0.0764. The van der Waals surface area contributed by atoms with Gasteiger partial charge in [0.15, 0.2) is 0 Å². The molecule has 1 aromatic heterocycles. The van der Waals surface area contributed by atoms with Crippen LogP contribution >= 0.6 is 0 Å². The Morgan fingerprint density at radius 1 is 1.41 bits per heavy atom. The van der Waals surface area contributed by atoms with Crippen molar-refractivity contribution < 1.29 is 9.53 Å². The van der Waals surface area contributed by atoms with E-state index in [1.807, 2.05) is 54.0 Å². The highest BCUT2D eigenvalue weighted by Gasteiger charge is 2.19. The van der Waals surface area contributed by atoms with Crippen LogP contribution in [0.5, 0.6) is 0 Å². The molecule has 1 amide bonds. The molecule has 1 atom stereocenters. The van der Waals surface area contributed by atoms with Gasteiger partial charge in [-0.2, -0.15) is 0 Å². The first-order valence-corrected chi connectivity index (χ1v) is 8.08. The number of amides is 1. The molecule has 1 aromatic carbocycles. The van der Waals surface area contributed by atoms with Gasteiger partial charge in [0.2, 0.25) is 0 Å². The van der Waals surface area contributed by atoms with Crippen molar-refractivity contribution in [3.05, 3.63) is 36.0 Å². The summed E-state index contributed by atoms with van der Waals surface area (Å²) in [4.78, 5) is 14.5. The fraction of sp³-hybridized carbons (Fsp3) is 0.500. The van der Waals surface area contributed by atoms with E-state index in [-0.39, 0.29) is 5.91 Å². The van der Waals surface area contributed by atoms with Crippen molar-refractivity contribution in [3.63, 3.8) is 0 Å². The molecule has 1 saturated heterocycles. The Labute approximate surface area is 131 Å². The fourth-order valence-corrected chi connectivity index (χ4v) is 3.25. The van der Waals surface area contributed by atoms with Gasteiger partial charge in [-0.1, -0.05) is 18.2 Å². The zero-order chi connectivity index (χ0) is 15.5. The van der Waals surface area contributed by atoms with Crippen molar-refractivity contribution in [1.29, 1.82) is 0 Å². The lowest BCUT2D eigenvalue weighted by atomic mass is 10.1. The molecule has 1 aliphatic heterocycles. The van der Waals surface area contributed by atoms with Gasteiger partial charge in [-0.15, -0.1) is 0 Å². The molecule has 4 nitrogen and oxygen atoms in total. The summed E-state index contributed by atoms with van der Waals surface area (Å²) >= 11 is 0. The second-order valence-electron chi connectivity index (χ2n) is 6.17. The van der Waals surface area contributed by atoms with Crippen molar-refractivity contribution in [2.75, 3.05) is 20.2 Å². The van der Waals surface area contributed by atoms with Crippen LogP contribution in [0.2, 0.25) is 0 Å². The van der Waals surface area contributed by atoms with Gasteiger partial charge in [-0.3, -0.25) is 4.79 Å². The summed E-state index contributed by atoms with van der Waals surface area (Å²) in [6.45, 7) is 1.68. The summed E-state index contributed by atoms with van der Waals surface area (Å²) in [7, 11) is 3.87. The van der Waals surface area contributed by atoms with Crippen molar-refractivity contribution in [2.45, 2.75) is 31.8 Å². The van der Waals surface area contributed by atoms with Gasteiger partial charge in [0.1, 0.15) is 0 Å². The highest BCUT2D eigenvalue weighted by Crippen LogP contribution is 2.22. The number of nitrogens with zero attached hydrogens (tertiary/aromatic N) is 2. The third-order valence-corrected chi connectivity index (χ3v) is 4.52. The van der Waals surface area contributed by atoms with Gasteiger partial charge in [0.05, 0.1) is 11.7 Å². The molecule has 1 fully saturated rings. The number of carbonyl (C=O) groups is 1. The van der Waals surface area contributed by atoms with E-state index in [0.29, 0.717) is 6.10 Å². The van der Waals surface area contributed by atoms with Gasteiger partial charge in [-0.05, 0) is 31.7 Å². The van der Waals surface area contributed by atoms with E-state index in [2.05, 4.69) is 0 Å². The molecule has 22 heavy (non-hydrogen) atoms. The lowest BCUT2D eigenvalue weighted by Crippen LogP contribution is -2.28. The maximum atomic E-state index is 12.7. The van der Waals surface area contributed by atoms with E-state index in [0.717, 1.165) is 42.5 Å². The number of ether oxygens (including phenoxy) is 1. The molecule has 0 unspecified atom stereocenters. The maximum absolute atomic E-state index is 12.7. The molecule has 1 aliphatic rings. The second kappa shape index (κ2) is 6.53. The smallest absolute Gasteiger partial charge is 0.255 e. The molecule has 118 valence electrons. The summed E-state index contributed by atoms with van der Waals surface area (Å²) in [6.07, 6.45) is 6.73. The predicted molar refractivity (Wildman–Crippen MR) is 88.1 cm³/mol. The maximum Gasteiger partial charge on any atom is 0.255 e. The Balaban J connectivity index is 1.64. The van der Waals surface area contributed by atoms with Crippen molar-refractivity contribution in [2.24, 2.45) is 7.05 Å². The molecule has 4 heteroatoms. The molecule has 0 aliphatic carbocycles. The molecule has 0 saturated carbocycles. The molecule has 0 radical (unpaired) electrons. The van der Waals surface area contributed by atoms with Crippen molar-refractivity contribution >= 4 is 16.8 Å². The highest BCUT2D eigenvalue weighted by molar-refractivity contribution is 6.06. The minimum atomic E-state index is 0.101. The predicted octanol–water partition coefficient (Wildman–Crippen LogP) is 3.21. The van der Waals surface area contributed by atoms with Gasteiger partial charge in [0, 0.05) is 44.3 Å². The van der Waals surface area contributed by atoms with Crippen LogP contribution in [-0.2, 0) is 11.8 Å². The average Bonchev–Trinajstić information content (AvgIpc) is 3.15. The topological polar surface area (TPSA) is 34.5 Å². The number of carbonyl (C=O) groups excluding carboxylic acids is 1. The Morgan fingerprint density at radius 3 is 3.00 bits per heavy atom. The Morgan fingerprint density at radius 2 is 2.23 bits per heavy atom. The number of aryl methyl sites for hydroxylation is 1. The first kappa shape index (κ1) is 15.1. The first-order valence-electron chi connectivity index (χ1n) is 8.08. The summed E-state index contributed by atoms with van der Waals surface area (Å²) in [5, 5.41) is 1.03. The molecule has 0 bridgehead atoms. The summed E-state index contributed by atoms with van der Waals surface area (Å²) in [5.41, 5.74) is 1.89. The summed E-state index contributed by atoms with van der Waals surface area (Å²) in [6, 6.07) is 8.05. The van der Waals surface area contributed by atoms with Crippen LogP contribution in [0.3, 0.4) is 0 Å². The number of aromatic nitrogens is 1. The van der Waals surface area contributed by atoms with E-state index in [1.54, 1.807) is 0 Å². The Kier molecular flexibility index (Phi) is 4.48. The molecular formula is C18H24N2O2. The zero-order valence-corrected chi connectivity index (χ0v) is 13.4. The number of benzene rings is 1. The van der Waals surface area contributed by atoms with Crippen molar-refractivity contribution in [1.82, 2.24) is 9.47 Å². The quantitative estimate of drug-likeness (QED) is 0.850. The normalized spacial score (nSPS) is 18.0. The molecule has 3 rings (SSSR count). The average molecular weight is 300 g/mol. The number of fused-ring (bicyclic) bond motifs is 1. The monoisotopic (exact) mass is 300 g/mol. The number of hydrogen-bond acceptors (Lipinski definition) is 2. The minimum Gasteiger partial charge on any atom is -0.378 e. The first-order chi connectivity index (χ1) is 10.7. The molecule has 2 aromatic rings. The second-order valence-corrected chi connectivity index (χ2v) is 6.17. The van der Waals surface area contributed by atoms with Crippen LogP contribution in [0, 0.1) is 0 Å². The van der Waals surface area contributed by atoms with Crippen molar-refractivity contribution in [3.8, 4) is 0 Å². The molecule has 2 heterocycles. The van der Waals surface area contributed by atoms with E-state index in [9.17, 15) is 4.79 Å². The third kappa shape index (κ3) is 3.02. The van der Waals surface area contributed by atoms with E-state index >= 15 is 0 Å². The lowest BCUT2D eigenvalue weighted by Gasteiger charge is -2.18. The van der Waals surface area contributed by atoms with Crippen LogP contribution in [0.1, 0.15) is 36.0 Å². The van der Waals surface area contributed by atoms with E-state index < -0.39 is 0 Å². The van der Waals surface area contributed by atoms with Crippen LogP contribution in [0.4, 0.5) is 0 Å². The van der Waals surface area contributed by atoms with Gasteiger partial charge >= 0.3 is 0 Å². The fourth-order valence-electron chi connectivity index (χ4n) is 3.25. The van der Waals surface area contributed by atoms with Gasteiger partial charge in [0.25, 0.3) is 5.91 Å². The van der Waals surface area contributed by atoms with Crippen LogP contribution in [0.15, 0.2) is 30.5 Å². The SMILES string of the molecule is CN(CCC[C@@H]1CCCO1)C(=O)c1cn(C)c2ccccc12. The van der Waals surface area contributed by atoms with Crippen LogP contribution < -0.4 is 0 Å². The van der Waals surface area contributed by atoms with Gasteiger partial charge in [-0.25, -0.2) is 0 Å². The highest BCUT2D eigenvalue weighted by atomic mass is 16.5. The van der Waals surface area contributed by atoms with E-state index in [1.165, 1.54) is 12.8 Å². The van der Waals surface area contributed by atoms with Crippen LogP contribution in [0.25, 0.3) is 10.9 Å². The largest absolute Gasteiger partial charge is 0.378 e. The summed E-state index contributed by atoms with van der Waals surface area (Å²) < 4.78 is 7.65. The Hall–Kier alpha value is -1.81. The van der Waals surface area contributed by atoms with Crippen LogP contribution in [-0.4, -0.2) is 41.7 Å². The molecule has 0 N–H and O–H groups in total. The third-order valence-electron chi connectivity index (χ3n) is 4.52. The standard InChI is InChI=1S/C18H24N2O2/c1-19(11-5-7-14-8-6-12-22-14)18(21)16-13-20(2)17-10-4-3-9-15(16)17/h3-4,9-10,13-14H,5-8,11-12H2,1-2H3/t14-/m1/s1. The molecule has 0 spiro atoms. The number of hydrogen-bond donors (Lipinski definition) is 0.